The van der Waals surface area contributed by atoms with Gasteiger partial charge in [0.2, 0.25) is 0 Å². The highest BCUT2D eigenvalue weighted by atomic mass is 35.5. The van der Waals surface area contributed by atoms with Gasteiger partial charge in [-0.05, 0) is 24.5 Å². The monoisotopic (exact) mass is 358 g/mol. The van der Waals surface area contributed by atoms with E-state index in [0.29, 0.717) is 30.0 Å². The second-order valence-corrected chi connectivity index (χ2v) is 7.07. The zero-order valence-corrected chi connectivity index (χ0v) is 15.0. The lowest BCUT2D eigenvalue weighted by Gasteiger charge is -2.33. The molecule has 4 nitrogen and oxygen atoms in total. The van der Waals surface area contributed by atoms with E-state index in [-0.39, 0.29) is 0 Å². The minimum absolute atomic E-state index is 0.464. The molecular formula is C20H23ClN2O2. The molecule has 1 fully saturated rings. The lowest BCUT2D eigenvalue weighted by Crippen LogP contribution is -2.38. The fourth-order valence-electron chi connectivity index (χ4n) is 3.51. The number of fused-ring (bicyclic) bond motifs is 1. The molecule has 2 heterocycles. The van der Waals surface area contributed by atoms with Gasteiger partial charge in [0.15, 0.2) is 11.5 Å². The summed E-state index contributed by atoms with van der Waals surface area (Å²) in [6.45, 7) is 4.36. The third kappa shape index (κ3) is 4.02. The van der Waals surface area contributed by atoms with Gasteiger partial charge in [-0.1, -0.05) is 41.9 Å². The Morgan fingerprint density at radius 2 is 1.80 bits per heavy atom. The maximum Gasteiger partial charge on any atom is 0.180 e. The van der Waals surface area contributed by atoms with Crippen molar-refractivity contribution >= 4 is 17.3 Å². The standard InChI is InChI=1S/C20H23ClN2O2/c21-18-12-17(13-19-20(18)25-11-10-24-19)22-16-6-8-23(9-7-16)14-15-4-2-1-3-5-15/h1-5,12-13,16,22H,6-11,14H2. The van der Waals surface area contributed by atoms with E-state index in [4.69, 9.17) is 21.1 Å². The molecule has 0 saturated carbocycles. The summed E-state index contributed by atoms with van der Waals surface area (Å²) < 4.78 is 11.2. The van der Waals surface area contributed by atoms with E-state index in [2.05, 4.69) is 40.5 Å². The van der Waals surface area contributed by atoms with Gasteiger partial charge in [-0.15, -0.1) is 0 Å². The minimum atomic E-state index is 0.464. The zero-order valence-electron chi connectivity index (χ0n) is 14.2. The van der Waals surface area contributed by atoms with Crippen molar-refractivity contribution in [3.05, 3.63) is 53.1 Å². The molecule has 2 aliphatic heterocycles. The molecule has 0 aromatic heterocycles. The molecule has 4 rings (SSSR count). The number of piperidine rings is 1. The quantitative estimate of drug-likeness (QED) is 0.888. The third-order valence-electron chi connectivity index (χ3n) is 4.80. The van der Waals surface area contributed by atoms with Crippen LogP contribution in [0.3, 0.4) is 0 Å². The number of anilines is 1. The lowest BCUT2D eigenvalue weighted by molar-refractivity contribution is 0.172. The summed E-state index contributed by atoms with van der Waals surface area (Å²) in [5, 5.41) is 4.22. The second-order valence-electron chi connectivity index (χ2n) is 6.66. The average molecular weight is 359 g/mol. The van der Waals surface area contributed by atoms with Gasteiger partial charge in [-0.25, -0.2) is 0 Å². The number of nitrogens with zero attached hydrogens (tertiary/aromatic N) is 1. The first-order valence-corrected chi connectivity index (χ1v) is 9.28. The predicted molar refractivity (Wildman–Crippen MR) is 101 cm³/mol. The Labute approximate surface area is 153 Å². The van der Waals surface area contributed by atoms with Crippen LogP contribution in [0.1, 0.15) is 18.4 Å². The van der Waals surface area contributed by atoms with E-state index in [0.717, 1.165) is 43.9 Å². The Bertz CT molecular complexity index is 715. The zero-order chi connectivity index (χ0) is 17.1. The first kappa shape index (κ1) is 16.6. The van der Waals surface area contributed by atoms with Crippen molar-refractivity contribution in [3.8, 4) is 11.5 Å². The van der Waals surface area contributed by atoms with Crippen LogP contribution in [0, 0.1) is 0 Å². The molecule has 1 saturated heterocycles. The van der Waals surface area contributed by atoms with Crippen molar-refractivity contribution in [2.45, 2.75) is 25.4 Å². The number of benzene rings is 2. The summed E-state index contributed by atoms with van der Waals surface area (Å²) in [6.07, 6.45) is 2.25. The van der Waals surface area contributed by atoms with Gasteiger partial charge in [0.1, 0.15) is 13.2 Å². The maximum absolute atomic E-state index is 6.33. The Balaban J connectivity index is 1.33. The van der Waals surface area contributed by atoms with E-state index >= 15 is 0 Å². The third-order valence-corrected chi connectivity index (χ3v) is 5.08. The van der Waals surface area contributed by atoms with Gasteiger partial charge in [0.25, 0.3) is 0 Å². The number of hydrogen-bond acceptors (Lipinski definition) is 4. The largest absolute Gasteiger partial charge is 0.486 e. The molecule has 0 amide bonds. The fourth-order valence-corrected chi connectivity index (χ4v) is 3.77. The van der Waals surface area contributed by atoms with Gasteiger partial charge >= 0.3 is 0 Å². The molecule has 0 unspecified atom stereocenters. The van der Waals surface area contributed by atoms with E-state index in [9.17, 15) is 0 Å². The van der Waals surface area contributed by atoms with E-state index < -0.39 is 0 Å². The first-order chi connectivity index (χ1) is 12.3. The van der Waals surface area contributed by atoms with Crippen molar-refractivity contribution in [3.63, 3.8) is 0 Å². The highest BCUT2D eigenvalue weighted by Crippen LogP contribution is 2.40. The SMILES string of the molecule is Clc1cc(NC2CCN(Cc3ccccc3)CC2)cc2c1OCCO2. The fraction of sp³-hybridized carbons (Fsp3) is 0.400. The van der Waals surface area contributed by atoms with Crippen molar-refractivity contribution in [1.82, 2.24) is 4.90 Å². The molecule has 25 heavy (non-hydrogen) atoms. The highest BCUT2D eigenvalue weighted by molar-refractivity contribution is 6.32. The second kappa shape index (κ2) is 7.54. The van der Waals surface area contributed by atoms with Gasteiger partial charge in [-0.3, -0.25) is 4.90 Å². The molecule has 0 aliphatic carbocycles. The summed E-state index contributed by atoms with van der Waals surface area (Å²) in [7, 11) is 0. The first-order valence-electron chi connectivity index (χ1n) is 8.90. The van der Waals surface area contributed by atoms with E-state index in [1.54, 1.807) is 0 Å². The molecule has 1 N–H and O–H groups in total. The molecule has 2 aliphatic rings. The molecule has 132 valence electrons. The Morgan fingerprint density at radius 1 is 1.04 bits per heavy atom. The van der Waals surface area contributed by atoms with Crippen LogP contribution in [0.25, 0.3) is 0 Å². The molecule has 0 bridgehead atoms. The minimum Gasteiger partial charge on any atom is -0.486 e. The van der Waals surface area contributed by atoms with Crippen molar-refractivity contribution < 1.29 is 9.47 Å². The predicted octanol–water partition coefficient (Wildman–Crippen LogP) is 4.19. The van der Waals surface area contributed by atoms with Crippen LogP contribution in [0.2, 0.25) is 5.02 Å². The van der Waals surface area contributed by atoms with Gasteiger partial charge in [-0.2, -0.15) is 0 Å². The maximum atomic E-state index is 6.33. The number of halogens is 1. The van der Waals surface area contributed by atoms with Crippen LogP contribution in [0.5, 0.6) is 11.5 Å². The number of ether oxygens (including phenoxy) is 2. The van der Waals surface area contributed by atoms with E-state index in [1.165, 1.54) is 5.56 Å². The number of nitrogens with one attached hydrogen (secondary N) is 1. The smallest absolute Gasteiger partial charge is 0.180 e. The summed E-state index contributed by atoms with van der Waals surface area (Å²) >= 11 is 6.33. The Morgan fingerprint density at radius 3 is 2.60 bits per heavy atom. The summed E-state index contributed by atoms with van der Waals surface area (Å²) in [5.74, 6) is 1.40. The average Bonchev–Trinajstić information content (AvgIpc) is 2.64. The van der Waals surface area contributed by atoms with Gasteiger partial charge in [0.05, 0.1) is 5.02 Å². The number of hydrogen-bond donors (Lipinski definition) is 1. The van der Waals surface area contributed by atoms with Gasteiger partial charge < -0.3 is 14.8 Å². The summed E-state index contributed by atoms with van der Waals surface area (Å²) in [4.78, 5) is 2.52. The van der Waals surface area contributed by atoms with Crippen LogP contribution < -0.4 is 14.8 Å². The highest BCUT2D eigenvalue weighted by Gasteiger charge is 2.21. The van der Waals surface area contributed by atoms with Crippen molar-refractivity contribution in [1.29, 1.82) is 0 Å². The Kier molecular flexibility index (Phi) is 4.99. The van der Waals surface area contributed by atoms with Crippen LogP contribution in [-0.4, -0.2) is 37.2 Å². The topological polar surface area (TPSA) is 33.7 Å². The normalized spacial score (nSPS) is 18.1. The van der Waals surface area contributed by atoms with E-state index in [1.807, 2.05) is 12.1 Å². The van der Waals surface area contributed by atoms with Crippen molar-refractivity contribution in [2.24, 2.45) is 0 Å². The molecular weight excluding hydrogens is 336 g/mol. The van der Waals surface area contributed by atoms with Crippen molar-refractivity contribution in [2.75, 3.05) is 31.6 Å². The summed E-state index contributed by atoms with van der Waals surface area (Å²) in [5.41, 5.74) is 2.39. The number of rotatable bonds is 4. The van der Waals surface area contributed by atoms with Crippen LogP contribution in [0.4, 0.5) is 5.69 Å². The summed E-state index contributed by atoms with van der Waals surface area (Å²) in [6, 6.07) is 15.1. The Hall–Kier alpha value is -1.91. The van der Waals surface area contributed by atoms with Crippen LogP contribution in [-0.2, 0) is 6.54 Å². The lowest BCUT2D eigenvalue weighted by atomic mass is 10.0. The molecule has 0 spiro atoms. The van der Waals surface area contributed by atoms with Crippen LogP contribution in [0.15, 0.2) is 42.5 Å². The molecule has 5 heteroatoms. The molecule has 0 atom stereocenters. The number of likely N-dealkylation sites (tertiary alicyclic amines) is 1. The molecule has 2 aromatic carbocycles. The molecule has 0 radical (unpaired) electrons. The van der Waals surface area contributed by atoms with Gasteiger partial charge in [0, 0.05) is 37.4 Å². The molecule has 2 aromatic rings. The van der Waals surface area contributed by atoms with Crippen LogP contribution >= 0.6 is 11.6 Å².